The summed E-state index contributed by atoms with van der Waals surface area (Å²) in [6.45, 7) is 7.71. The van der Waals surface area contributed by atoms with E-state index in [-0.39, 0.29) is 18.1 Å². The summed E-state index contributed by atoms with van der Waals surface area (Å²) in [4.78, 5) is 14.4. The molecule has 2 amide bonds. The van der Waals surface area contributed by atoms with Gasteiger partial charge in [0.05, 0.1) is 19.3 Å². The molecule has 1 aromatic heterocycles. The van der Waals surface area contributed by atoms with Crippen LogP contribution in [0, 0.1) is 12.8 Å². The number of morpholine rings is 1. The first-order valence-electron chi connectivity index (χ1n) is 8.56. The number of nitrogens with one attached hydrogen (secondary N) is 2. The monoisotopic (exact) mass is 321 g/mol. The maximum Gasteiger partial charge on any atom is 0.315 e. The lowest BCUT2D eigenvalue weighted by molar-refractivity contribution is 0.0121. The van der Waals surface area contributed by atoms with E-state index < -0.39 is 0 Å². The number of amides is 2. The Morgan fingerprint density at radius 2 is 2.09 bits per heavy atom. The van der Waals surface area contributed by atoms with Gasteiger partial charge in [-0.3, -0.25) is 4.90 Å². The molecule has 1 aliphatic carbocycles. The van der Waals surface area contributed by atoms with E-state index >= 15 is 0 Å². The molecule has 0 unspecified atom stereocenters. The molecule has 2 atom stereocenters. The Morgan fingerprint density at radius 1 is 1.35 bits per heavy atom. The second-order valence-electron chi connectivity index (χ2n) is 6.59. The summed E-state index contributed by atoms with van der Waals surface area (Å²) in [7, 11) is 0. The van der Waals surface area contributed by atoms with Crippen molar-refractivity contribution in [3.8, 4) is 0 Å². The molecule has 2 heterocycles. The highest BCUT2D eigenvalue weighted by Gasteiger charge is 2.30. The first-order chi connectivity index (χ1) is 11.1. The normalized spacial score (nSPS) is 21.7. The third-order valence-corrected chi connectivity index (χ3v) is 4.72. The lowest BCUT2D eigenvalue weighted by Crippen LogP contribution is -2.47. The molecule has 1 saturated heterocycles. The summed E-state index contributed by atoms with van der Waals surface area (Å²) >= 11 is 0. The quantitative estimate of drug-likeness (QED) is 0.842. The van der Waals surface area contributed by atoms with Gasteiger partial charge >= 0.3 is 6.03 Å². The standard InChI is InChI=1S/C17H27N3O3/c1-12-3-6-16(23-12)15(20-7-9-22-10-8-20)11-18-17(21)19-13(2)14-4-5-14/h3,6,13-15H,4-5,7-11H2,1-2H3,(H2,18,19,21)/t13-,15+/m1/s1. The first kappa shape index (κ1) is 16.3. The summed E-state index contributed by atoms with van der Waals surface area (Å²) in [5, 5.41) is 6.04. The van der Waals surface area contributed by atoms with E-state index in [0.717, 1.165) is 37.8 Å². The molecule has 6 nitrogen and oxygen atoms in total. The summed E-state index contributed by atoms with van der Waals surface area (Å²) < 4.78 is 11.2. The van der Waals surface area contributed by atoms with Crippen LogP contribution in [0.5, 0.6) is 0 Å². The minimum Gasteiger partial charge on any atom is -0.465 e. The highest BCUT2D eigenvalue weighted by Crippen LogP contribution is 2.32. The van der Waals surface area contributed by atoms with E-state index in [1.165, 1.54) is 12.8 Å². The van der Waals surface area contributed by atoms with E-state index in [0.29, 0.717) is 12.5 Å². The maximum atomic E-state index is 12.1. The van der Waals surface area contributed by atoms with Crippen LogP contribution in [0.15, 0.2) is 16.5 Å². The smallest absolute Gasteiger partial charge is 0.315 e. The largest absolute Gasteiger partial charge is 0.465 e. The van der Waals surface area contributed by atoms with Crippen LogP contribution in [0.3, 0.4) is 0 Å². The molecule has 0 spiro atoms. The van der Waals surface area contributed by atoms with Crippen LogP contribution < -0.4 is 10.6 Å². The Hall–Kier alpha value is -1.53. The molecule has 2 N–H and O–H groups in total. The third-order valence-electron chi connectivity index (χ3n) is 4.72. The van der Waals surface area contributed by atoms with Gasteiger partial charge in [-0.25, -0.2) is 4.79 Å². The fourth-order valence-corrected chi connectivity index (χ4v) is 3.09. The number of ether oxygens (including phenoxy) is 1. The van der Waals surface area contributed by atoms with Crippen molar-refractivity contribution in [1.82, 2.24) is 15.5 Å². The third kappa shape index (κ3) is 4.48. The molecule has 2 aliphatic rings. The Labute approximate surface area is 137 Å². The highest BCUT2D eigenvalue weighted by molar-refractivity contribution is 5.74. The number of rotatable bonds is 6. The molecule has 0 bridgehead atoms. The van der Waals surface area contributed by atoms with Gasteiger partial charge in [-0.1, -0.05) is 0 Å². The molecular formula is C17H27N3O3. The van der Waals surface area contributed by atoms with Crippen LogP contribution >= 0.6 is 0 Å². The van der Waals surface area contributed by atoms with Crippen molar-refractivity contribution in [1.29, 1.82) is 0 Å². The molecule has 2 fully saturated rings. The number of furan rings is 1. The van der Waals surface area contributed by atoms with Crippen molar-refractivity contribution in [2.24, 2.45) is 5.92 Å². The van der Waals surface area contributed by atoms with Crippen molar-refractivity contribution in [2.75, 3.05) is 32.8 Å². The minimum atomic E-state index is -0.0917. The van der Waals surface area contributed by atoms with Crippen LogP contribution in [-0.2, 0) is 4.74 Å². The maximum absolute atomic E-state index is 12.1. The summed E-state index contributed by atoms with van der Waals surface area (Å²) in [5.41, 5.74) is 0. The van der Waals surface area contributed by atoms with Crippen LogP contribution in [0.1, 0.15) is 37.3 Å². The molecule has 1 aromatic rings. The van der Waals surface area contributed by atoms with Crippen LogP contribution in [0.2, 0.25) is 0 Å². The first-order valence-corrected chi connectivity index (χ1v) is 8.56. The average Bonchev–Trinajstić information content (AvgIpc) is 3.31. The fourth-order valence-electron chi connectivity index (χ4n) is 3.09. The SMILES string of the molecule is Cc1ccc([C@H](CNC(=O)N[C@H](C)C2CC2)N2CCOCC2)o1. The molecule has 1 saturated carbocycles. The van der Waals surface area contributed by atoms with Gasteiger partial charge in [0.15, 0.2) is 0 Å². The van der Waals surface area contributed by atoms with E-state index in [1.807, 2.05) is 19.1 Å². The Bertz CT molecular complexity index is 521. The van der Waals surface area contributed by atoms with Gasteiger partial charge in [-0.2, -0.15) is 0 Å². The van der Waals surface area contributed by atoms with E-state index in [4.69, 9.17) is 9.15 Å². The van der Waals surface area contributed by atoms with Crippen LogP contribution in [-0.4, -0.2) is 49.8 Å². The zero-order chi connectivity index (χ0) is 16.2. The average molecular weight is 321 g/mol. The topological polar surface area (TPSA) is 66.7 Å². The summed E-state index contributed by atoms with van der Waals surface area (Å²) in [6.07, 6.45) is 2.45. The minimum absolute atomic E-state index is 0.0505. The number of nitrogens with zero attached hydrogens (tertiary/aromatic N) is 1. The highest BCUT2D eigenvalue weighted by atomic mass is 16.5. The zero-order valence-corrected chi connectivity index (χ0v) is 14.0. The molecule has 23 heavy (non-hydrogen) atoms. The number of hydrogen-bond donors (Lipinski definition) is 2. The van der Waals surface area contributed by atoms with E-state index in [2.05, 4.69) is 22.5 Å². The van der Waals surface area contributed by atoms with Gasteiger partial charge in [0.1, 0.15) is 11.5 Å². The fraction of sp³-hybridized carbons (Fsp3) is 0.706. The zero-order valence-electron chi connectivity index (χ0n) is 14.0. The summed E-state index contributed by atoms with van der Waals surface area (Å²) in [5.74, 6) is 2.45. The predicted octanol–water partition coefficient (Wildman–Crippen LogP) is 2.06. The second-order valence-corrected chi connectivity index (χ2v) is 6.59. The van der Waals surface area contributed by atoms with E-state index in [1.54, 1.807) is 0 Å². The lowest BCUT2D eigenvalue weighted by atomic mass is 10.1. The second kappa shape index (κ2) is 7.36. The molecule has 0 radical (unpaired) electrons. The summed E-state index contributed by atoms with van der Waals surface area (Å²) in [6, 6.07) is 4.18. The molecule has 3 rings (SSSR count). The van der Waals surface area contributed by atoms with Crippen molar-refractivity contribution >= 4 is 6.03 Å². The van der Waals surface area contributed by atoms with Crippen LogP contribution in [0.25, 0.3) is 0 Å². The van der Waals surface area contributed by atoms with Crippen molar-refractivity contribution < 1.29 is 13.9 Å². The van der Waals surface area contributed by atoms with Crippen molar-refractivity contribution in [2.45, 2.75) is 38.8 Å². The number of urea groups is 1. The number of hydrogen-bond acceptors (Lipinski definition) is 4. The number of carbonyl (C=O) groups excluding carboxylic acids is 1. The van der Waals surface area contributed by atoms with E-state index in [9.17, 15) is 4.79 Å². The van der Waals surface area contributed by atoms with Gasteiger partial charge < -0.3 is 19.8 Å². The molecule has 0 aromatic carbocycles. The molecular weight excluding hydrogens is 294 g/mol. The number of aryl methyl sites for hydroxylation is 1. The van der Waals surface area contributed by atoms with Gasteiger partial charge in [0.2, 0.25) is 0 Å². The lowest BCUT2D eigenvalue weighted by Gasteiger charge is -2.33. The van der Waals surface area contributed by atoms with Gasteiger partial charge in [0.25, 0.3) is 0 Å². The van der Waals surface area contributed by atoms with Crippen LogP contribution in [0.4, 0.5) is 4.79 Å². The Balaban J connectivity index is 1.57. The van der Waals surface area contributed by atoms with Crippen molar-refractivity contribution in [3.63, 3.8) is 0 Å². The molecule has 1 aliphatic heterocycles. The Kier molecular flexibility index (Phi) is 5.23. The van der Waals surface area contributed by atoms with Gasteiger partial charge in [-0.05, 0) is 44.7 Å². The Morgan fingerprint density at radius 3 is 2.70 bits per heavy atom. The molecule has 6 heteroatoms. The van der Waals surface area contributed by atoms with Gasteiger partial charge in [0, 0.05) is 25.7 Å². The van der Waals surface area contributed by atoms with Crippen molar-refractivity contribution in [3.05, 3.63) is 23.7 Å². The predicted molar refractivity (Wildman–Crippen MR) is 87.3 cm³/mol. The number of carbonyl (C=O) groups is 1. The van der Waals surface area contributed by atoms with Gasteiger partial charge in [-0.15, -0.1) is 0 Å². The molecule has 128 valence electrons.